The molecule has 29 heavy (non-hydrogen) atoms. The first-order valence-corrected chi connectivity index (χ1v) is 8.87. The van der Waals surface area contributed by atoms with Crippen molar-refractivity contribution in [2.24, 2.45) is 7.05 Å². The van der Waals surface area contributed by atoms with Gasteiger partial charge in [-0.05, 0) is 25.1 Å². The highest BCUT2D eigenvalue weighted by Gasteiger charge is 2.16. The van der Waals surface area contributed by atoms with Crippen LogP contribution >= 0.6 is 0 Å². The van der Waals surface area contributed by atoms with Crippen molar-refractivity contribution in [2.45, 2.75) is 6.92 Å². The van der Waals surface area contributed by atoms with Gasteiger partial charge in [-0.1, -0.05) is 47.6 Å². The first-order chi connectivity index (χ1) is 14.0. The van der Waals surface area contributed by atoms with E-state index in [0.717, 1.165) is 5.69 Å². The van der Waals surface area contributed by atoms with Crippen molar-refractivity contribution in [2.75, 3.05) is 5.32 Å². The molecule has 0 radical (unpaired) electrons. The predicted molar refractivity (Wildman–Crippen MR) is 106 cm³/mol. The molecular weight excluding hydrogens is 370 g/mol. The zero-order valence-corrected chi connectivity index (χ0v) is 15.8. The number of ketones is 1. The molecule has 2 heterocycles. The van der Waals surface area contributed by atoms with Crippen LogP contribution in [0.1, 0.15) is 32.0 Å². The van der Waals surface area contributed by atoms with Gasteiger partial charge in [0.25, 0.3) is 11.8 Å². The van der Waals surface area contributed by atoms with E-state index in [4.69, 9.17) is 4.42 Å². The molecule has 0 fully saturated rings. The van der Waals surface area contributed by atoms with Crippen LogP contribution in [-0.2, 0) is 7.05 Å². The summed E-state index contributed by atoms with van der Waals surface area (Å²) in [6.45, 7) is 1.90. The van der Waals surface area contributed by atoms with Gasteiger partial charge in [0.1, 0.15) is 5.69 Å². The molecular formula is C21H17N5O3. The largest absolute Gasteiger partial charge is 0.401 e. The second-order valence-corrected chi connectivity index (χ2v) is 6.43. The van der Waals surface area contributed by atoms with Gasteiger partial charge in [0.2, 0.25) is 0 Å². The fourth-order valence-corrected chi connectivity index (χ4v) is 2.74. The topological polar surface area (TPSA) is 103 Å². The minimum absolute atomic E-state index is 0.0299. The fourth-order valence-electron chi connectivity index (χ4n) is 2.74. The second-order valence-electron chi connectivity index (χ2n) is 6.43. The average Bonchev–Trinajstić information content (AvgIpc) is 3.34. The third-order valence-corrected chi connectivity index (χ3v) is 4.42. The Hall–Kier alpha value is -4.07. The van der Waals surface area contributed by atoms with E-state index in [1.54, 1.807) is 53.2 Å². The number of anilines is 1. The van der Waals surface area contributed by atoms with E-state index in [0.29, 0.717) is 22.4 Å². The van der Waals surface area contributed by atoms with Gasteiger partial charge in [-0.15, -0.1) is 5.10 Å². The van der Waals surface area contributed by atoms with E-state index < -0.39 is 5.91 Å². The number of amides is 1. The van der Waals surface area contributed by atoms with E-state index in [-0.39, 0.29) is 17.7 Å². The maximum atomic E-state index is 12.4. The van der Waals surface area contributed by atoms with Crippen LogP contribution < -0.4 is 5.32 Å². The summed E-state index contributed by atoms with van der Waals surface area (Å²) >= 11 is 0. The van der Waals surface area contributed by atoms with E-state index in [2.05, 4.69) is 20.6 Å². The molecule has 0 aliphatic rings. The summed E-state index contributed by atoms with van der Waals surface area (Å²) in [7, 11) is 1.81. The molecule has 0 unspecified atom stereocenters. The number of carbonyl (C=O) groups excluding carboxylic acids is 2. The fraction of sp³-hybridized carbons (Fsp3) is 0.0952. The molecule has 0 spiro atoms. The highest BCUT2D eigenvalue weighted by molar-refractivity contribution is 6.10. The third kappa shape index (κ3) is 3.81. The number of rotatable bonds is 5. The third-order valence-electron chi connectivity index (χ3n) is 4.42. The standard InChI is InChI=1S/C21H17N5O3/c1-13-12-17(25-26(13)2)20-23-24-21(29-20)22-19(28)16-10-8-15(9-11-16)18(27)14-6-4-3-5-7-14/h3-12H,1-2H3,(H,22,24,28). The summed E-state index contributed by atoms with van der Waals surface area (Å²) in [5.41, 5.74) is 2.92. The molecule has 8 heteroatoms. The summed E-state index contributed by atoms with van der Waals surface area (Å²) in [6, 6.07) is 17.1. The Balaban J connectivity index is 1.46. The monoisotopic (exact) mass is 387 g/mol. The molecule has 2 aromatic carbocycles. The van der Waals surface area contributed by atoms with Gasteiger partial charge in [-0.3, -0.25) is 19.6 Å². The Labute approximate surface area is 166 Å². The highest BCUT2D eigenvalue weighted by atomic mass is 16.4. The zero-order chi connectivity index (χ0) is 20.4. The summed E-state index contributed by atoms with van der Waals surface area (Å²) in [6.07, 6.45) is 0. The molecule has 0 bridgehead atoms. The lowest BCUT2D eigenvalue weighted by atomic mass is 10.0. The molecule has 0 saturated heterocycles. The number of nitrogens with one attached hydrogen (secondary N) is 1. The van der Waals surface area contributed by atoms with Gasteiger partial charge >= 0.3 is 6.01 Å². The maximum absolute atomic E-state index is 12.4. The Morgan fingerprint density at radius 1 is 0.931 bits per heavy atom. The molecule has 0 aliphatic carbocycles. The lowest BCUT2D eigenvalue weighted by Crippen LogP contribution is -2.12. The first-order valence-electron chi connectivity index (χ1n) is 8.87. The Bertz CT molecular complexity index is 1160. The van der Waals surface area contributed by atoms with Crippen molar-refractivity contribution in [1.29, 1.82) is 0 Å². The number of benzene rings is 2. The van der Waals surface area contributed by atoms with Gasteiger partial charge < -0.3 is 4.42 Å². The van der Waals surface area contributed by atoms with Crippen molar-refractivity contribution < 1.29 is 14.0 Å². The Morgan fingerprint density at radius 3 is 2.24 bits per heavy atom. The van der Waals surface area contributed by atoms with Gasteiger partial charge in [-0.25, -0.2) is 0 Å². The number of hydrogen-bond acceptors (Lipinski definition) is 6. The van der Waals surface area contributed by atoms with Crippen LogP contribution in [0.3, 0.4) is 0 Å². The highest BCUT2D eigenvalue weighted by Crippen LogP contribution is 2.19. The summed E-state index contributed by atoms with van der Waals surface area (Å²) < 4.78 is 7.16. The van der Waals surface area contributed by atoms with E-state index in [1.807, 2.05) is 26.1 Å². The van der Waals surface area contributed by atoms with Gasteiger partial charge in [0.05, 0.1) is 0 Å². The lowest BCUT2D eigenvalue weighted by Gasteiger charge is -2.03. The smallest absolute Gasteiger partial charge is 0.322 e. The van der Waals surface area contributed by atoms with Crippen LogP contribution in [0.4, 0.5) is 6.01 Å². The molecule has 0 atom stereocenters. The minimum atomic E-state index is -0.420. The van der Waals surface area contributed by atoms with Crippen molar-refractivity contribution in [3.63, 3.8) is 0 Å². The summed E-state index contributed by atoms with van der Waals surface area (Å²) in [5.74, 6) is -0.311. The van der Waals surface area contributed by atoms with Crippen LogP contribution in [0.25, 0.3) is 11.6 Å². The molecule has 1 amide bonds. The van der Waals surface area contributed by atoms with Gasteiger partial charge in [0, 0.05) is 29.4 Å². The van der Waals surface area contributed by atoms with Crippen molar-refractivity contribution in [3.05, 3.63) is 83.0 Å². The Morgan fingerprint density at radius 2 is 1.59 bits per heavy atom. The number of aromatic nitrogens is 4. The van der Waals surface area contributed by atoms with E-state index >= 15 is 0 Å². The first kappa shape index (κ1) is 18.3. The van der Waals surface area contributed by atoms with Crippen LogP contribution in [0.15, 0.2) is 65.1 Å². The molecule has 0 aliphatic heterocycles. The average molecular weight is 387 g/mol. The molecule has 144 valence electrons. The molecule has 1 N–H and O–H groups in total. The SMILES string of the molecule is Cc1cc(-c2nnc(NC(=O)c3ccc(C(=O)c4ccccc4)cc3)o2)nn1C. The van der Waals surface area contributed by atoms with Crippen LogP contribution in [0.2, 0.25) is 0 Å². The lowest BCUT2D eigenvalue weighted by molar-refractivity contribution is 0.101. The number of aryl methyl sites for hydroxylation is 2. The quantitative estimate of drug-likeness (QED) is 0.527. The van der Waals surface area contributed by atoms with Crippen molar-refractivity contribution >= 4 is 17.7 Å². The number of carbonyl (C=O) groups is 2. The van der Waals surface area contributed by atoms with Crippen molar-refractivity contribution in [1.82, 2.24) is 20.0 Å². The minimum Gasteiger partial charge on any atom is -0.401 e. The van der Waals surface area contributed by atoms with Crippen LogP contribution in [-0.4, -0.2) is 31.7 Å². The summed E-state index contributed by atoms with van der Waals surface area (Å²) in [4.78, 5) is 24.9. The molecule has 8 nitrogen and oxygen atoms in total. The number of hydrogen-bond donors (Lipinski definition) is 1. The predicted octanol–water partition coefficient (Wildman–Crippen LogP) is 3.26. The van der Waals surface area contributed by atoms with Crippen LogP contribution in [0, 0.1) is 6.92 Å². The second kappa shape index (κ2) is 7.51. The number of nitrogens with zero attached hydrogens (tertiary/aromatic N) is 4. The summed E-state index contributed by atoms with van der Waals surface area (Å²) in [5, 5.41) is 14.5. The van der Waals surface area contributed by atoms with Crippen LogP contribution in [0.5, 0.6) is 0 Å². The maximum Gasteiger partial charge on any atom is 0.322 e. The van der Waals surface area contributed by atoms with Gasteiger partial charge in [0.15, 0.2) is 5.78 Å². The molecule has 4 rings (SSSR count). The molecule has 2 aromatic heterocycles. The molecule has 0 saturated carbocycles. The van der Waals surface area contributed by atoms with Gasteiger partial charge in [-0.2, -0.15) is 5.10 Å². The van der Waals surface area contributed by atoms with E-state index in [9.17, 15) is 9.59 Å². The Kier molecular flexibility index (Phi) is 4.74. The zero-order valence-electron chi connectivity index (χ0n) is 15.8. The normalized spacial score (nSPS) is 10.7. The van der Waals surface area contributed by atoms with E-state index in [1.165, 1.54) is 0 Å². The van der Waals surface area contributed by atoms with Crippen molar-refractivity contribution in [3.8, 4) is 11.6 Å². The molecule has 4 aromatic rings.